The van der Waals surface area contributed by atoms with Gasteiger partial charge in [0.15, 0.2) is 0 Å². The first-order valence-corrected chi connectivity index (χ1v) is 9.51. The summed E-state index contributed by atoms with van der Waals surface area (Å²) in [5.74, 6) is 0.507. The molecule has 0 radical (unpaired) electrons. The molecule has 0 aromatic heterocycles. The van der Waals surface area contributed by atoms with Crippen LogP contribution in [0.2, 0.25) is 5.02 Å². The highest BCUT2D eigenvalue weighted by Gasteiger charge is 2.28. The lowest BCUT2D eigenvalue weighted by Crippen LogP contribution is -2.46. The SMILES string of the molecule is O=C(NCCOc1ccccc1)C1CCCN(C(=O)c2ccc(Cl)cc2)C1. The zero-order valence-corrected chi connectivity index (χ0v) is 15.8. The fourth-order valence-electron chi connectivity index (χ4n) is 3.15. The van der Waals surface area contributed by atoms with Gasteiger partial charge >= 0.3 is 0 Å². The number of carbonyl (C=O) groups is 2. The summed E-state index contributed by atoms with van der Waals surface area (Å²) in [6, 6.07) is 16.3. The number of benzene rings is 2. The number of carbonyl (C=O) groups excluding carboxylic acids is 2. The second kappa shape index (κ2) is 9.42. The summed E-state index contributed by atoms with van der Waals surface area (Å²) in [4.78, 5) is 26.8. The van der Waals surface area contributed by atoms with E-state index in [9.17, 15) is 9.59 Å². The zero-order valence-electron chi connectivity index (χ0n) is 15.1. The van der Waals surface area contributed by atoms with E-state index < -0.39 is 0 Å². The molecule has 1 unspecified atom stereocenters. The molecule has 0 aliphatic carbocycles. The van der Waals surface area contributed by atoms with Crippen molar-refractivity contribution in [2.45, 2.75) is 12.8 Å². The maximum Gasteiger partial charge on any atom is 0.253 e. The zero-order chi connectivity index (χ0) is 19.1. The van der Waals surface area contributed by atoms with Crippen molar-refractivity contribution in [3.8, 4) is 5.75 Å². The van der Waals surface area contributed by atoms with Gasteiger partial charge in [0.05, 0.1) is 12.5 Å². The molecular formula is C21H23ClN2O3. The highest BCUT2D eigenvalue weighted by atomic mass is 35.5. The molecule has 2 aromatic rings. The quantitative estimate of drug-likeness (QED) is 0.774. The molecule has 1 N–H and O–H groups in total. The van der Waals surface area contributed by atoms with Gasteiger partial charge in [-0.3, -0.25) is 9.59 Å². The lowest BCUT2D eigenvalue weighted by Gasteiger charge is -2.32. The Morgan fingerprint density at radius 3 is 2.59 bits per heavy atom. The van der Waals surface area contributed by atoms with Gasteiger partial charge < -0.3 is 15.0 Å². The third-order valence-corrected chi connectivity index (χ3v) is 4.84. The van der Waals surface area contributed by atoms with E-state index in [1.54, 1.807) is 29.2 Å². The van der Waals surface area contributed by atoms with Gasteiger partial charge in [-0.2, -0.15) is 0 Å². The lowest BCUT2D eigenvalue weighted by atomic mass is 9.96. The summed E-state index contributed by atoms with van der Waals surface area (Å²) in [5, 5.41) is 3.51. The van der Waals surface area contributed by atoms with Crippen LogP contribution in [0, 0.1) is 5.92 Å². The molecule has 1 heterocycles. The number of rotatable bonds is 6. The summed E-state index contributed by atoms with van der Waals surface area (Å²) >= 11 is 5.88. The minimum atomic E-state index is -0.188. The number of piperidine rings is 1. The molecule has 27 heavy (non-hydrogen) atoms. The van der Waals surface area contributed by atoms with Crippen LogP contribution in [0.5, 0.6) is 5.75 Å². The molecule has 1 aliphatic heterocycles. The molecule has 1 fully saturated rings. The molecule has 5 nitrogen and oxygen atoms in total. The molecular weight excluding hydrogens is 364 g/mol. The molecule has 6 heteroatoms. The molecule has 0 bridgehead atoms. The Labute approximate surface area is 164 Å². The molecule has 2 amide bonds. The summed E-state index contributed by atoms with van der Waals surface area (Å²) in [6.45, 7) is 1.96. The Hall–Kier alpha value is -2.53. The van der Waals surface area contributed by atoms with Crippen LogP contribution < -0.4 is 10.1 Å². The van der Waals surface area contributed by atoms with E-state index in [1.165, 1.54) is 0 Å². The van der Waals surface area contributed by atoms with Gasteiger partial charge in [-0.1, -0.05) is 29.8 Å². The predicted octanol–water partition coefficient (Wildman–Crippen LogP) is 3.39. The van der Waals surface area contributed by atoms with E-state index >= 15 is 0 Å². The first-order valence-electron chi connectivity index (χ1n) is 9.14. The average molecular weight is 387 g/mol. The normalized spacial score (nSPS) is 16.6. The smallest absolute Gasteiger partial charge is 0.253 e. The van der Waals surface area contributed by atoms with E-state index in [1.807, 2.05) is 30.3 Å². The monoisotopic (exact) mass is 386 g/mol. The van der Waals surface area contributed by atoms with E-state index in [4.69, 9.17) is 16.3 Å². The number of para-hydroxylation sites is 1. The molecule has 0 saturated carbocycles. The lowest BCUT2D eigenvalue weighted by molar-refractivity contribution is -0.126. The van der Waals surface area contributed by atoms with Gasteiger partial charge in [-0.15, -0.1) is 0 Å². The Morgan fingerprint density at radius 2 is 1.85 bits per heavy atom. The van der Waals surface area contributed by atoms with E-state index in [-0.39, 0.29) is 17.7 Å². The number of halogens is 1. The Kier molecular flexibility index (Phi) is 6.71. The third kappa shape index (κ3) is 5.47. The molecule has 1 aliphatic rings. The fraction of sp³-hybridized carbons (Fsp3) is 0.333. The molecule has 142 valence electrons. The molecule has 1 atom stereocenters. The summed E-state index contributed by atoms with van der Waals surface area (Å²) in [7, 11) is 0. The number of nitrogens with zero attached hydrogens (tertiary/aromatic N) is 1. The summed E-state index contributed by atoms with van der Waals surface area (Å²) < 4.78 is 5.58. The van der Waals surface area contributed by atoms with Crippen molar-refractivity contribution >= 4 is 23.4 Å². The number of hydrogen-bond donors (Lipinski definition) is 1. The number of nitrogens with one attached hydrogen (secondary N) is 1. The molecule has 3 rings (SSSR count). The Morgan fingerprint density at radius 1 is 1.11 bits per heavy atom. The van der Waals surface area contributed by atoms with Crippen molar-refractivity contribution in [1.29, 1.82) is 0 Å². The highest BCUT2D eigenvalue weighted by molar-refractivity contribution is 6.30. The summed E-state index contributed by atoms with van der Waals surface area (Å²) in [5.41, 5.74) is 0.594. The minimum Gasteiger partial charge on any atom is -0.492 e. The first kappa shape index (κ1) is 19.2. The molecule has 1 saturated heterocycles. The standard InChI is InChI=1S/C21H23ClN2O3/c22-18-10-8-16(9-11-18)21(26)24-13-4-5-17(15-24)20(25)23-12-14-27-19-6-2-1-3-7-19/h1-3,6-11,17H,4-5,12-15H2,(H,23,25). The van der Waals surface area contributed by atoms with Crippen molar-refractivity contribution in [2.75, 3.05) is 26.2 Å². The predicted molar refractivity (Wildman–Crippen MR) is 105 cm³/mol. The van der Waals surface area contributed by atoms with Crippen LogP contribution in [0.3, 0.4) is 0 Å². The highest BCUT2D eigenvalue weighted by Crippen LogP contribution is 2.20. The Balaban J connectivity index is 1.46. The topological polar surface area (TPSA) is 58.6 Å². The number of likely N-dealkylation sites (tertiary alicyclic amines) is 1. The van der Waals surface area contributed by atoms with Crippen LogP contribution in [0.4, 0.5) is 0 Å². The van der Waals surface area contributed by atoms with Gasteiger partial charge in [-0.25, -0.2) is 0 Å². The maximum atomic E-state index is 12.6. The number of ether oxygens (including phenoxy) is 1. The van der Waals surface area contributed by atoms with E-state index in [0.29, 0.717) is 36.8 Å². The van der Waals surface area contributed by atoms with Crippen molar-refractivity contribution in [1.82, 2.24) is 10.2 Å². The molecule has 2 aromatic carbocycles. The minimum absolute atomic E-state index is 0.0275. The van der Waals surface area contributed by atoms with Crippen LogP contribution in [0.1, 0.15) is 23.2 Å². The number of amides is 2. The van der Waals surface area contributed by atoms with Crippen molar-refractivity contribution in [2.24, 2.45) is 5.92 Å². The largest absolute Gasteiger partial charge is 0.492 e. The fourth-order valence-corrected chi connectivity index (χ4v) is 3.28. The maximum absolute atomic E-state index is 12.6. The van der Waals surface area contributed by atoms with Crippen molar-refractivity contribution < 1.29 is 14.3 Å². The Bertz CT molecular complexity index is 765. The van der Waals surface area contributed by atoms with Gasteiger partial charge in [0.25, 0.3) is 5.91 Å². The van der Waals surface area contributed by atoms with Gasteiger partial charge in [0.1, 0.15) is 12.4 Å². The van der Waals surface area contributed by atoms with Crippen LogP contribution in [0.25, 0.3) is 0 Å². The van der Waals surface area contributed by atoms with Gasteiger partial charge in [0.2, 0.25) is 5.91 Å². The second-order valence-corrected chi connectivity index (χ2v) is 6.99. The van der Waals surface area contributed by atoms with Gasteiger partial charge in [0, 0.05) is 23.7 Å². The third-order valence-electron chi connectivity index (χ3n) is 4.58. The van der Waals surface area contributed by atoms with Gasteiger partial charge in [-0.05, 0) is 49.2 Å². The average Bonchev–Trinajstić information content (AvgIpc) is 2.72. The van der Waals surface area contributed by atoms with Crippen molar-refractivity contribution in [3.05, 3.63) is 65.2 Å². The van der Waals surface area contributed by atoms with Crippen LogP contribution in [0.15, 0.2) is 54.6 Å². The number of hydrogen-bond acceptors (Lipinski definition) is 3. The molecule has 0 spiro atoms. The second-order valence-electron chi connectivity index (χ2n) is 6.55. The van der Waals surface area contributed by atoms with Crippen LogP contribution in [-0.4, -0.2) is 43.0 Å². The summed E-state index contributed by atoms with van der Waals surface area (Å²) in [6.07, 6.45) is 1.60. The van der Waals surface area contributed by atoms with Crippen LogP contribution in [-0.2, 0) is 4.79 Å². The van der Waals surface area contributed by atoms with Crippen molar-refractivity contribution in [3.63, 3.8) is 0 Å². The first-order chi connectivity index (χ1) is 13.1. The van der Waals surface area contributed by atoms with E-state index in [0.717, 1.165) is 18.6 Å². The van der Waals surface area contributed by atoms with E-state index in [2.05, 4.69) is 5.32 Å². The van der Waals surface area contributed by atoms with Crippen LogP contribution >= 0.6 is 11.6 Å².